The molecule has 1 aliphatic carbocycles. The van der Waals surface area contributed by atoms with E-state index in [1.807, 2.05) is 18.9 Å². The molecule has 3 N–H and O–H groups in total. The lowest BCUT2D eigenvalue weighted by atomic mass is 9.95. The standard InChI is InChI=1S/C17H22ClN3O2/c1-11-14(4-3-5-16(11)22)21(2)15-10-12(6-7-13(15)18)17(23)20-9-8-19/h6-7,10H,3-5,8-9,19H2,1-2H3,(H,20,23). The second-order valence-electron chi connectivity index (χ2n) is 5.62. The van der Waals surface area contributed by atoms with Crippen LogP contribution in [0.25, 0.3) is 0 Å². The number of halogens is 1. The zero-order valence-electron chi connectivity index (χ0n) is 13.5. The van der Waals surface area contributed by atoms with Crippen LogP contribution in [0.2, 0.25) is 5.02 Å². The van der Waals surface area contributed by atoms with Crippen LogP contribution in [0.15, 0.2) is 29.5 Å². The van der Waals surface area contributed by atoms with Gasteiger partial charge in [0, 0.05) is 43.4 Å². The van der Waals surface area contributed by atoms with Gasteiger partial charge in [0.1, 0.15) is 0 Å². The molecule has 0 unspecified atom stereocenters. The minimum Gasteiger partial charge on any atom is -0.351 e. The highest BCUT2D eigenvalue weighted by Crippen LogP contribution is 2.33. The van der Waals surface area contributed by atoms with E-state index in [1.54, 1.807) is 18.2 Å². The number of anilines is 1. The quantitative estimate of drug-likeness (QED) is 0.866. The Labute approximate surface area is 141 Å². The van der Waals surface area contributed by atoms with Gasteiger partial charge in [-0.3, -0.25) is 9.59 Å². The summed E-state index contributed by atoms with van der Waals surface area (Å²) in [7, 11) is 1.88. The summed E-state index contributed by atoms with van der Waals surface area (Å²) < 4.78 is 0. The first-order chi connectivity index (χ1) is 11.0. The zero-order chi connectivity index (χ0) is 17.0. The van der Waals surface area contributed by atoms with Crippen LogP contribution in [0.5, 0.6) is 0 Å². The molecule has 0 spiro atoms. The van der Waals surface area contributed by atoms with Gasteiger partial charge in [0.05, 0.1) is 10.7 Å². The van der Waals surface area contributed by atoms with E-state index in [4.69, 9.17) is 17.3 Å². The molecule has 1 aromatic rings. The largest absolute Gasteiger partial charge is 0.351 e. The Bertz CT molecular complexity index is 655. The van der Waals surface area contributed by atoms with Gasteiger partial charge >= 0.3 is 0 Å². The fourth-order valence-corrected chi connectivity index (χ4v) is 2.96. The van der Waals surface area contributed by atoms with E-state index in [2.05, 4.69) is 5.32 Å². The maximum Gasteiger partial charge on any atom is 0.251 e. The number of nitrogens with two attached hydrogens (primary N) is 1. The Kier molecular flexibility index (Phi) is 5.80. The van der Waals surface area contributed by atoms with E-state index in [1.165, 1.54) is 0 Å². The molecule has 1 aliphatic rings. The van der Waals surface area contributed by atoms with Crippen molar-refractivity contribution in [3.8, 4) is 0 Å². The van der Waals surface area contributed by atoms with Crippen molar-refractivity contribution in [2.45, 2.75) is 26.2 Å². The Hall–Kier alpha value is -1.85. The number of carbonyl (C=O) groups is 2. The molecule has 0 radical (unpaired) electrons. The van der Waals surface area contributed by atoms with E-state index in [0.717, 1.165) is 29.8 Å². The molecule has 0 aromatic heterocycles. The first-order valence-corrected chi connectivity index (χ1v) is 8.08. The summed E-state index contributed by atoms with van der Waals surface area (Å²) in [5.41, 5.74) is 8.37. The van der Waals surface area contributed by atoms with Crippen molar-refractivity contribution in [2.24, 2.45) is 5.73 Å². The van der Waals surface area contributed by atoms with Crippen molar-refractivity contribution in [3.05, 3.63) is 40.1 Å². The monoisotopic (exact) mass is 335 g/mol. The lowest BCUT2D eigenvalue weighted by molar-refractivity contribution is -0.116. The minimum atomic E-state index is -0.188. The van der Waals surface area contributed by atoms with Gasteiger partial charge < -0.3 is 16.0 Å². The summed E-state index contributed by atoms with van der Waals surface area (Å²) in [6, 6.07) is 5.12. The molecule has 2 rings (SSSR count). The summed E-state index contributed by atoms with van der Waals surface area (Å²) in [4.78, 5) is 25.9. The van der Waals surface area contributed by atoms with E-state index in [9.17, 15) is 9.59 Å². The highest BCUT2D eigenvalue weighted by Gasteiger charge is 2.22. The van der Waals surface area contributed by atoms with Crippen LogP contribution in [0.4, 0.5) is 5.69 Å². The molecule has 0 saturated carbocycles. The Morgan fingerprint density at radius 2 is 2.13 bits per heavy atom. The van der Waals surface area contributed by atoms with Crippen LogP contribution in [-0.4, -0.2) is 31.8 Å². The number of rotatable bonds is 5. The SMILES string of the molecule is CC1=C(N(C)c2cc(C(=O)NCCN)ccc2Cl)CCCC1=O. The summed E-state index contributed by atoms with van der Waals surface area (Å²) in [6.07, 6.45) is 2.26. The first-order valence-electron chi connectivity index (χ1n) is 7.70. The number of nitrogens with one attached hydrogen (secondary N) is 1. The molecule has 1 aromatic carbocycles. The van der Waals surface area contributed by atoms with E-state index < -0.39 is 0 Å². The zero-order valence-corrected chi connectivity index (χ0v) is 14.2. The number of benzene rings is 1. The Morgan fingerprint density at radius 1 is 1.39 bits per heavy atom. The lowest BCUT2D eigenvalue weighted by Gasteiger charge is -2.28. The summed E-state index contributed by atoms with van der Waals surface area (Å²) in [6.45, 7) is 2.66. The number of amides is 1. The van der Waals surface area contributed by atoms with Crippen LogP contribution < -0.4 is 16.0 Å². The number of carbonyl (C=O) groups excluding carboxylic acids is 2. The fourth-order valence-electron chi connectivity index (χ4n) is 2.72. The molecule has 1 amide bonds. The predicted molar refractivity (Wildman–Crippen MR) is 92.8 cm³/mol. The molecule has 6 heteroatoms. The number of nitrogens with zero attached hydrogens (tertiary/aromatic N) is 1. The molecule has 0 aliphatic heterocycles. The second-order valence-corrected chi connectivity index (χ2v) is 6.03. The van der Waals surface area contributed by atoms with Gasteiger partial charge in [0.2, 0.25) is 0 Å². The fraction of sp³-hybridized carbons (Fsp3) is 0.412. The van der Waals surface area contributed by atoms with E-state index in [-0.39, 0.29) is 11.7 Å². The summed E-state index contributed by atoms with van der Waals surface area (Å²) >= 11 is 6.30. The third-order valence-corrected chi connectivity index (χ3v) is 4.39. The van der Waals surface area contributed by atoms with Gasteiger partial charge in [-0.1, -0.05) is 11.6 Å². The molecule has 0 saturated heterocycles. The molecule has 0 bridgehead atoms. The molecule has 0 heterocycles. The van der Waals surface area contributed by atoms with Crippen LogP contribution >= 0.6 is 11.6 Å². The van der Waals surface area contributed by atoms with E-state index in [0.29, 0.717) is 30.1 Å². The molecule has 124 valence electrons. The summed E-state index contributed by atoms with van der Waals surface area (Å²) in [5.74, 6) is -0.0155. The number of hydrogen-bond donors (Lipinski definition) is 2. The highest BCUT2D eigenvalue weighted by molar-refractivity contribution is 6.33. The normalized spacial score (nSPS) is 14.9. The second kappa shape index (κ2) is 7.62. The van der Waals surface area contributed by atoms with Crippen molar-refractivity contribution < 1.29 is 9.59 Å². The minimum absolute atomic E-state index is 0.172. The van der Waals surface area contributed by atoms with Crippen molar-refractivity contribution in [3.63, 3.8) is 0 Å². The van der Waals surface area contributed by atoms with Gasteiger partial charge in [-0.15, -0.1) is 0 Å². The van der Waals surface area contributed by atoms with Gasteiger partial charge in [0.25, 0.3) is 5.91 Å². The number of ketones is 1. The third kappa shape index (κ3) is 3.92. The molecule has 0 fully saturated rings. The number of allylic oxidation sites excluding steroid dienone is 2. The van der Waals surface area contributed by atoms with E-state index >= 15 is 0 Å². The molecule has 0 atom stereocenters. The van der Waals surface area contributed by atoms with Crippen LogP contribution in [0, 0.1) is 0 Å². The first kappa shape index (κ1) is 17.5. The maximum atomic E-state index is 12.1. The van der Waals surface area contributed by atoms with Crippen molar-refractivity contribution in [1.29, 1.82) is 0 Å². The topological polar surface area (TPSA) is 75.4 Å². The summed E-state index contributed by atoms with van der Waals surface area (Å²) in [5, 5.41) is 3.28. The molecular formula is C17H22ClN3O2. The molecule has 23 heavy (non-hydrogen) atoms. The molecular weight excluding hydrogens is 314 g/mol. The Morgan fingerprint density at radius 3 is 2.83 bits per heavy atom. The van der Waals surface area contributed by atoms with Crippen LogP contribution in [0.1, 0.15) is 36.5 Å². The van der Waals surface area contributed by atoms with Crippen LogP contribution in [0.3, 0.4) is 0 Å². The Balaban J connectivity index is 2.33. The number of hydrogen-bond acceptors (Lipinski definition) is 4. The third-order valence-electron chi connectivity index (χ3n) is 4.07. The van der Waals surface area contributed by atoms with Gasteiger partial charge in [-0.05, 0) is 38.0 Å². The predicted octanol–water partition coefficient (Wildman–Crippen LogP) is 2.49. The average Bonchev–Trinajstić information content (AvgIpc) is 2.55. The number of Topliss-reactive ketones (excluding diaryl/α,β-unsaturated/α-hetero) is 1. The highest BCUT2D eigenvalue weighted by atomic mass is 35.5. The lowest BCUT2D eigenvalue weighted by Crippen LogP contribution is -2.29. The van der Waals surface area contributed by atoms with Gasteiger partial charge in [-0.25, -0.2) is 0 Å². The van der Waals surface area contributed by atoms with Crippen LogP contribution in [-0.2, 0) is 4.79 Å². The average molecular weight is 336 g/mol. The van der Waals surface area contributed by atoms with Gasteiger partial charge in [-0.2, -0.15) is 0 Å². The molecule has 5 nitrogen and oxygen atoms in total. The van der Waals surface area contributed by atoms with Crippen molar-refractivity contribution >= 4 is 29.0 Å². The van der Waals surface area contributed by atoms with Gasteiger partial charge in [0.15, 0.2) is 5.78 Å². The smallest absolute Gasteiger partial charge is 0.251 e. The van der Waals surface area contributed by atoms with Crippen molar-refractivity contribution in [2.75, 3.05) is 25.0 Å². The maximum absolute atomic E-state index is 12.1. The van der Waals surface area contributed by atoms with Crippen molar-refractivity contribution in [1.82, 2.24) is 5.32 Å².